The highest BCUT2D eigenvalue weighted by molar-refractivity contribution is 6.35. The minimum Gasteiger partial charge on any atom is -0.383 e. The summed E-state index contributed by atoms with van der Waals surface area (Å²) in [5.74, 6) is 0.534. The molecule has 0 spiro atoms. The van der Waals surface area contributed by atoms with Crippen LogP contribution in [-0.2, 0) is 5.41 Å². The van der Waals surface area contributed by atoms with Gasteiger partial charge in [0.2, 0.25) is 5.95 Å². The Hall–Kier alpha value is -1.78. The van der Waals surface area contributed by atoms with Gasteiger partial charge in [0, 0.05) is 21.0 Å². The van der Waals surface area contributed by atoms with Crippen LogP contribution in [0, 0.1) is 6.92 Å². The van der Waals surface area contributed by atoms with E-state index in [4.69, 9.17) is 34.7 Å². The molecule has 0 aliphatic carbocycles. The van der Waals surface area contributed by atoms with Gasteiger partial charge in [-0.1, -0.05) is 55.3 Å². The second-order valence-electron chi connectivity index (χ2n) is 5.65. The van der Waals surface area contributed by atoms with Crippen molar-refractivity contribution in [1.29, 1.82) is 0 Å². The average Bonchev–Trinajstić information content (AvgIpc) is 2.36. The molecule has 0 radical (unpaired) electrons. The maximum Gasteiger partial charge on any atom is 0.222 e. The molecule has 1 aromatic heterocycles. The van der Waals surface area contributed by atoms with E-state index in [1.165, 1.54) is 0 Å². The number of nitrogens with two attached hydrogens (primary N) is 2. The van der Waals surface area contributed by atoms with Crippen molar-refractivity contribution in [2.45, 2.75) is 26.2 Å². The summed E-state index contributed by atoms with van der Waals surface area (Å²) in [5.41, 5.74) is 13.7. The van der Waals surface area contributed by atoms with Crippen LogP contribution < -0.4 is 11.5 Å². The van der Waals surface area contributed by atoms with E-state index >= 15 is 0 Å². The van der Waals surface area contributed by atoms with Gasteiger partial charge in [-0.2, -0.15) is 4.98 Å². The zero-order valence-electron chi connectivity index (χ0n) is 12.7. The fourth-order valence-electron chi connectivity index (χ4n) is 2.23. The predicted molar refractivity (Wildman–Crippen MR) is 94.1 cm³/mol. The number of aryl methyl sites for hydroxylation is 1. The fraction of sp³-hybridized carbons (Fsp3) is 0.250. The number of halogens is 2. The average molecular weight is 337 g/mol. The van der Waals surface area contributed by atoms with E-state index in [1.54, 1.807) is 6.07 Å². The van der Waals surface area contributed by atoms with Crippen LogP contribution in [0.3, 0.4) is 0 Å². The molecule has 116 valence electrons. The molecular weight excluding hydrogens is 319 g/mol. The van der Waals surface area contributed by atoms with Crippen LogP contribution in [0.25, 0.3) is 6.08 Å². The molecule has 0 bridgehead atoms. The van der Waals surface area contributed by atoms with Crippen LogP contribution in [0.4, 0.5) is 11.8 Å². The summed E-state index contributed by atoms with van der Waals surface area (Å²) < 4.78 is 0. The van der Waals surface area contributed by atoms with Gasteiger partial charge < -0.3 is 11.5 Å². The Balaban J connectivity index is 2.40. The molecule has 4 nitrogen and oxygen atoms in total. The van der Waals surface area contributed by atoms with Crippen LogP contribution in [-0.4, -0.2) is 9.97 Å². The monoisotopic (exact) mass is 336 g/mol. The Labute approximate surface area is 140 Å². The maximum atomic E-state index is 6.29. The quantitative estimate of drug-likeness (QED) is 0.878. The largest absolute Gasteiger partial charge is 0.383 e. The molecule has 22 heavy (non-hydrogen) atoms. The summed E-state index contributed by atoms with van der Waals surface area (Å²) in [6.45, 7) is 5.96. The first-order valence-electron chi connectivity index (χ1n) is 6.75. The standard InChI is InChI=1S/C16H18Cl2N4/c1-9-11(14(19)22-15(20)21-9)6-7-16(2,3)12-5-4-10(17)8-13(12)18/h4-8H,1-3H3,(H4,19,20,21,22)/b7-6+. The SMILES string of the molecule is Cc1nc(N)nc(N)c1/C=C/C(C)(C)c1ccc(Cl)cc1Cl. The molecular formula is C16H18Cl2N4. The molecule has 1 aromatic carbocycles. The number of anilines is 2. The van der Waals surface area contributed by atoms with Gasteiger partial charge in [-0.3, -0.25) is 0 Å². The molecule has 6 heteroatoms. The number of rotatable bonds is 3. The lowest BCUT2D eigenvalue weighted by molar-refractivity contribution is 0.673. The summed E-state index contributed by atoms with van der Waals surface area (Å²) in [6.07, 6.45) is 3.91. The first-order chi connectivity index (χ1) is 10.2. The lowest BCUT2D eigenvalue weighted by Crippen LogP contribution is -2.14. The number of benzene rings is 1. The number of aromatic nitrogens is 2. The lowest BCUT2D eigenvalue weighted by atomic mass is 9.84. The van der Waals surface area contributed by atoms with Crippen molar-refractivity contribution in [2.75, 3.05) is 11.5 Å². The fourth-order valence-corrected chi connectivity index (χ4v) is 2.88. The molecule has 2 rings (SSSR count). The van der Waals surface area contributed by atoms with Gasteiger partial charge in [0.05, 0.1) is 5.69 Å². The minimum atomic E-state index is -0.304. The lowest BCUT2D eigenvalue weighted by Gasteiger charge is -2.22. The first-order valence-corrected chi connectivity index (χ1v) is 7.50. The highest BCUT2D eigenvalue weighted by atomic mass is 35.5. The molecule has 1 heterocycles. The van der Waals surface area contributed by atoms with Gasteiger partial charge in [0.25, 0.3) is 0 Å². The Morgan fingerprint density at radius 1 is 1.14 bits per heavy atom. The van der Waals surface area contributed by atoms with E-state index in [1.807, 2.05) is 31.2 Å². The number of hydrogen-bond acceptors (Lipinski definition) is 4. The van der Waals surface area contributed by atoms with Crippen LogP contribution in [0.1, 0.15) is 30.7 Å². The number of allylic oxidation sites excluding steroid dienone is 1. The summed E-state index contributed by atoms with van der Waals surface area (Å²) in [6, 6.07) is 5.48. The highest BCUT2D eigenvalue weighted by Gasteiger charge is 2.20. The van der Waals surface area contributed by atoms with Crippen molar-refractivity contribution >= 4 is 41.0 Å². The summed E-state index contributed by atoms with van der Waals surface area (Å²) in [5, 5.41) is 1.24. The summed E-state index contributed by atoms with van der Waals surface area (Å²) in [4.78, 5) is 8.12. The van der Waals surface area contributed by atoms with Crippen LogP contribution >= 0.6 is 23.2 Å². The Bertz CT molecular complexity index is 716. The normalized spacial score (nSPS) is 12.0. The number of nitrogens with zero attached hydrogens (tertiary/aromatic N) is 2. The third kappa shape index (κ3) is 3.51. The van der Waals surface area contributed by atoms with E-state index in [-0.39, 0.29) is 11.4 Å². The second-order valence-corrected chi connectivity index (χ2v) is 6.49. The van der Waals surface area contributed by atoms with Gasteiger partial charge >= 0.3 is 0 Å². The van der Waals surface area contributed by atoms with Crippen LogP contribution in [0.5, 0.6) is 0 Å². The minimum absolute atomic E-state index is 0.173. The van der Waals surface area contributed by atoms with Gasteiger partial charge in [-0.15, -0.1) is 0 Å². The van der Waals surface area contributed by atoms with E-state index in [0.717, 1.165) is 16.8 Å². The van der Waals surface area contributed by atoms with Gasteiger partial charge in [0.15, 0.2) is 0 Å². The van der Waals surface area contributed by atoms with Gasteiger partial charge in [-0.05, 0) is 24.6 Å². The Morgan fingerprint density at radius 3 is 2.41 bits per heavy atom. The van der Waals surface area contributed by atoms with Crippen molar-refractivity contribution in [3.63, 3.8) is 0 Å². The molecule has 2 aromatic rings. The third-order valence-corrected chi connectivity index (χ3v) is 4.02. The van der Waals surface area contributed by atoms with E-state index < -0.39 is 0 Å². The van der Waals surface area contributed by atoms with E-state index in [2.05, 4.69) is 23.8 Å². The molecule has 0 unspecified atom stereocenters. The molecule has 0 saturated carbocycles. The molecule has 0 aliphatic heterocycles. The van der Waals surface area contributed by atoms with E-state index in [9.17, 15) is 0 Å². The topological polar surface area (TPSA) is 77.8 Å². The number of nitrogen functional groups attached to an aromatic ring is 2. The molecule has 0 fully saturated rings. The Morgan fingerprint density at radius 2 is 1.82 bits per heavy atom. The summed E-state index contributed by atoms with van der Waals surface area (Å²) in [7, 11) is 0. The third-order valence-electron chi connectivity index (χ3n) is 3.47. The van der Waals surface area contributed by atoms with Crippen molar-refractivity contribution < 1.29 is 0 Å². The van der Waals surface area contributed by atoms with Crippen molar-refractivity contribution in [2.24, 2.45) is 0 Å². The summed E-state index contributed by atoms with van der Waals surface area (Å²) >= 11 is 12.2. The smallest absolute Gasteiger partial charge is 0.222 e. The van der Waals surface area contributed by atoms with Crippen molar-refractivity contribution in [3.8, 4) is 0 Å². The molecule has 0 aliphatic rings. The number of hydrogen-bond donors (Lipinski definition) is 2. The first kappa shape index (κ1) is 16.6. The molecule has 4 N–H and O–H groups in total. The van der Waals surface area contributed by atoms with Gasteiger partial charge in [0.1, 0.15) is 5.82 Å². The molecule has 0 saturated heterocycles. The zero-order valence-corrected chi connectivity index (χ0v) is 14.2. The highest BCUT2D eigenvalue weighted by Crippen LogP contribution is 2.33. The van der Waals surface area contributed by atoms with Crippen LogP contribution in [0.15, 0.2) is 24.3 Å². The van der Waals surface area contributed by atoms with E-state index in [0.29, 0.717) is 15.9 Å². The van der Waals surface area contributed by atoms with Crippen LogP contribution in [0.2, 0.25) is 10.0 Å². The zero-order chi connectivity index (χ0) is 16.5. The molecule has 0 atom stereocenters. The molecule has 0 amide bonds. The van der Waals surface area contributed by atoms with Crippen molar-refractivity contribution in [3.05, 3.63) is 51.1 Å². The van der Waals surface area contributed by atoms with Crippen molar-refractivity contribution in [1.82, 2.24) is 9.97 Å². The second kappa shape index (κ2) is 6.15. The predicted octanol–water partition coefficient (Wildman–Crippen LogP) is 4.25. The Kier molecular flexibility index (Phi) is 4.63. The van der Waals surface area contributed by atoms with Gasteiger partial charge in [-0.25, -0.2) is 4.98 Å². The maximum absolute atomic E-state index is 6.29.